The van der Waals surface area contributed by atoms with Crippen molar-refractivity contribution in [2.75, 3.05) is 34.8 Å². The average Bonchev–Trinajstić information content (AvgIpc) is 3.07. The van der Waals surface area contributed by atoms with Gasteiger partial charge in [0.1, 0.15) is 0 Å². The lowest BCUT2D eigenvalue weighted by molar-refractivity contribution is 0.157. The first-order valence-corrected chi connectivity index (χ1v) is 23.7. The number of hydrogen-bond donors (Lipinski definition) is 3. The second kappa shape index (κ2) is 23.7. The molecule has 0 amide bonds. The van der Waals surface area contributed by atoms with E-state index in [1.807, 2.05) is 0 Å². The molecule has 0 unspecified atom stereocenters. The maximum Gasteiger partial charge on any atom is 0.232 e. The van der Waals surface area contributed by atoms with E-state index in [2.05, 4.69) is 102 Å². The molecule has 8 heteroatoms. The van der Waals surface area contributed by atoms with Crippen LogP contribution in [0.1, 0.15) is 230 Å². The lowest BCUT2D eigenvalue weighted by Crippen LogP contribution is -2.63. The van der Waals surface area contributed by atoms with Crippen LogP contribution in [0.5, 0.6) is 0 Å². The predicted octanol–water partition coefficient (Wildman–Crippen LogP) is 12.4. The number of hydrogen-bond acceptors (Lipinski definition) is 8. The van der Waals surface area contributed by atoms with Crippen LogP contribution in [0, 0.1) is 0 Å². The first-order chi connectivity index (χ1) is 26.1. The largest absolute Gasteiger partial charge is 0.354 e. The molecule has 320 valence electrons. The van der Waals surface area contributed by atoms with Crippen molar-refractivity contribution >= 4 is 17.8 Å². The molecule has 0 bridgehead atoms. The van der Waals surface area contributed by atoms with Gasteiger partial charge in [0.05, 0.1) is 0 Å². The summed E-state index contributed by atoms with van der Waals surface area (Å²) in [7, 11) is 0. The van der Waals surface area contributed by atoms with E-state index in [1.165, 1.54) is 96.3 Å². The number of piperidine rings is 2. The van der Waals surface area contributed by atoms with Crippen LogP contribution in [0.4, 0.5) is 17.8 Å². The zero-order valence-electron chi connectivity index (χ0n) is 38.5. The predicted molar refractivity (Wildman–Crippen MR) is 241 cm³/mol. The normalized spacial score (nSPS) is 19.4. The Morgan fingerprint density at radius 2 is 0.764 bits per heavy atom. The van der Waals surface area contributed by atoms with Crippen molar-refractivity contribution < 1.29 is 0 Å². The Hall–Kier alpha value is -1.67. The molecule has 0 radical (unpaired) electrons. The van der Waals surface area contributed by atoms with Crippen LogP contribution >= 0.6 is 0 Å². The molecule has 1 aromatic heterocycles. The SMILES string of the molecule is CCCCCCCCCCCCCCCCCCNc1nc(N(CCCC)C2CC(C)(C)NC(C)(C)C2)nc(N(CCCC)C2CC(C)(C)NC(C)(C)C2)n1. The standard InChI is InChI=1S/C47H92N8/c1-12-15-18-19-20-21-22-23-24-25-26-27-28-29-30-31-32-48-41-49-42(54(33-16-13-2)39-35-44(4,5)52-45(6,7)36-39)51-43(50-41)55(34-17-14-3)40-37-46(8,9)53-47(10,11)38-40/h39-40,52-53H,12-38H2,1-11H3,(H,48,49,50,51). The monoisotopic (exact) mass is 769 g/mol. The first-order valence-electron chi connectivity index (χ1n) is 23.7. The minimum atomic E-state index is 0.0421. The minimum absolute atomic E-state index is 0.0421. The quantitative estimate of drug-likeness (QED) is 0.0727. The van der Waals surface area contributed by atoms with Crippen molar-refractivity contribution in [2.24, 2.45) is 0 Å². The third kappa shape index (κ3) is 18.2. The fourth-order valence-corrected chi connectivity index (χ4v) is 10.1. The van der Waals surface area contributed by atoms with Crippen LogP contribution in [-0.2, 0) is 0 Å². The third-order valence-corrected chi connectivity index (χ3v) is 12.2. The zero-order valence-corrected chi connectivity index (χ0v) is 38.5. The van der Waals surface area contributed by atoms with E-state index >= 15 is 0 Å². The highest BCUT2D eigenvalue weighted by Crippen LogP contribution is 2.36. The third-order valence-electron chi connectivity index (χ3n) is 12.2. The average molecular weight is 769 g/mol. The van der Waals surface area contributed by atoms with Crippen LogP contribution in [0.15, 0.2) is 0 Å². The maximum absolute atomic E-state index is 5.46. The van der Waals surface area contributed by atoms with Gasteiger partial charge in [0.15, 0.2) is 0 Å². The molecule has 0 atom stereocenters. The molecule has 0 saturated carbocycles. The summed E-state index contributed by atoms with van der Waals surface area (Å²) in [6.07, 6.45) is 31.0. The van der Waals surface area contributed by atoms with Crippen LogP contribution in [0.3, 0.4) is 0 Å². The summed E-state index contributed by atoms with van der Waals surface area (Å²) in [5, 5.41) is 11.6. The Morgan fingerprint density at radius 3 is 1.09 bits per heavy atom. The molecule has 8 nitrogen and oxygen atoms in total. The van der Waals surface area contributed by atoms with Gasteiger partial charge in [0, 0.05) is 53.9 Å². The summed E-state index contributed by atoms with van der Waals surface area (Å²) < 4.78 is 0. The Labute approximate surface area is 341 Å². The molecule has 0 aliphatic carbocycles. The Kier molecular flexibility index (Phi) is 20.5. The Bertz CT molecular complexity index is 1080. The van der Waals surface area contributed by atoms with E-state index < -0.39 is 0 Å². The molecule has 1 aromatic rings. The van der Waals surface area contributed by atoms with Gasteiger partial charge in [-0.3, -0.25) is 0 Å². The van der Waals surface area contributed by atoms with Crippen LogP contribution in [0.2, 0.25) is 0 Å². The molecule has 3 heterocycles. The minimum Gasteiger partial charge on any atom is -0.354 e. The van der Waals surface area contributed by atoms with Crippen molar-refractivity contribution in [3.8, 4) is 0 Å². The van der Waals surface area contributed by atoms with Crippen molar-refractivity contribution in [1.29, 1.82) is 0 Å². The van der Waals surface area contributed by atoms with Crippen molar-refractivity contribution in [1.82, 2.24) is 25.6 Å². The summed E-state index contributed by atoms with van der Waals surface area (Å²) >= 11 is 0. The molecular formula is C47H92N8. The van der Waals surface area contributed by atoms with E-state index in [1.54, 1.807) is 0 Å². The topological polar surface area (TPSA) is 81.2 Å². The maximum atomic E-state index is 5.46. The zero-order chi connectivity index (χ0) is 40.4. The second-order valence-electron chi connectivity index (χ2n) is 20.5. The van der Waals surface area contributed by atoms with Crippen molar-refractivity contribution in [3.63, 3.8) is 0 Å². The molecule has 0 aromatic carbocycles. The van der Waals surface area contributed by atoms with Crippen LogP contribution in [0.25, 0.3) is 0 Å². The molecule has 2 fully saturated rings. The smallest absolute Gasteiger partial charge is 0.232 e. The van der Waals surface area contributed by atoms with E-state index in [4.69, 9.17) is 15.0 Å². The first kappa shape index (κ1) is 47.7. The summed E-state index contributed by atoms with van der Waals surface area (Å²) in [5.74, 6) is 2.48. The van der Waals surface area contributed by atoms with Gasteiger partial charge in [-0.05, 0) is 100 Å². The number of anilines is 3. The number of aromatic nitrogens is 3. The van der Waals surface area contributed by atoms with Crippen molar-refractivity contribution in [2.45, 2.75) is 265 Å². The van der Waals surface area contributed by atoms with Crippen molar-refractivity contribution in [3.05, 3.63) is 0 Å². The number of nitrogens with zero attached hydrogens (tertiary/aromatic N) is 5. The Balaban J connectivity index is 1.69. The van der Waals surface area contributed by atoms with E-state index in [9.17, 15) is 0 Å². The summed E-state index contributed by atoms with van der Waals surface area (Å²) in [5.41, 5.74) is 0.169. The van der Waals surface area contributed by atoms with Crippen LogP contribution in [-0.4, -0.2) is 68.8 Å². The molecule has 2 aliphatic heterocycles. The highest BCUT2D eigenvalue weighted by atomic mass is 15.4. The molecule has 55 heavy (non-hydrogen) atoms. The highest BCUT2D eigenvalue weighted by molar-refractivity contribution is 5.47. The van der Waals surface area contributed by atoms with Gasteiger partial charge < -0.3 is 25.8 Å². The van der Waals surface area contributed by atoms with Gasteiger partial charge in [0.2, 0.25) is 17.8 Å². The van der Waals surface area contributed by atoms with E-state index in [0.29, 0.717) is 12.1 Å². The van der Waals surface area contributed by atoms with Gasteiger partial charge in [-0.25, -0.2) is 0 Å². The molecule has 3 N–H and O–H groups in total. The van der Waals surface area contributed by atoms with E-state index in [0.717, 1.165) is 95.3 Å². The fraction of sp³-hybridized carbons (Fsp3) is 0.936. The molecule has 0 spiro atoms. The molecule has 2 aliphatic rings. The van der Waals surface area contributed by atoms with Gasteiger partial charge in [-0.2, -0.15) is 15.0 Å². The summed E-state index contributed by atoms with van der Waals surface area (Å²) in [6, 6.07) is 0.726. The van der Waals surface area contributed by atoms with E-state index in [-0.39, 0.29) is 22.2 Å². The summed E-state index contributed by atoms with van der Waals surface area (Å²) in [4.78, 5) is 21.1. The lowest BCUT2D eigenvalue weighted by atomic mass is 9.79. The lowest BCUT2D eigenvalue weighted by Gasteiger charge is -2.50. The van der Waals surface area contributed by atoms with Crippen LogP contribution < -0.4 is 25.8 Å². The van der Waals surface area contributed by atoms with Gasteiger partial charge >= 0.3 is 0 Å². The van der Waals surface area contributed by atoms with Gasteiger partial charge in [0.25, 0.3) is 0 Å². The fourth-order valence-electron chi connectivity index (χ4n) is 10.1. The number of unbranched alkanes of at least 4 members (excludes halogenated alkanes) is 17. The number of nitrogens with one attached hydrogen (secondary N) is 3. The number of rotatable bonds is 28. The molecule has 3 rings (SSSR count). The van der Waals surface area contributed by atoms with Gasteiger partial charge in [-0.15, -0.1) is 0 Å². The molecular weight excluding hydrogens is 677 g/mol. The summed E-state index contributed by atoms with van der Waals surface area (Å²) in [6.45, 7) is 28.6. The Morgan fingerprint density at radius 1 is 0.455 bits per heavy atom. The molecule has 2 saturated heterocycles. The highest BCUT2D eigenvalue weighted by Gasteiger charge is 2.42. The second-order valence-corrected chi connectivity index (χ2v) is 20.5. The van der Waals surface area contributed by atoms with Gasteiger partial charge in [-0.1, -0.05) is 130 Å².